The van der Waals surface area contributed by atoms with Crippen LogP contribution in [0.5, 0.6) is 5.75 Å². The van der Waals surface area contributed by atoms with Gasteiger partial charge in [0.15, 0.2) is 0 Å². The van der Waals surface area contributed by atoms with E-state index in [0.717, 1.165) is 15.7 Å². The minimum absolute atomic E-state index is 0.551. The van der Waals surface area contributed by atoms with Crippen molar-refractivity contribution in [2.24, 2.45) is 0 Å². The van der Waals surface area contributed by atoms with Gasteiger partial charge in [-0.25, -0.2) is 0 Å². The molecular formula is C16H15BrN2O. The quantitative estimate of drug-likeness (QED) is 0.911. The first-order valence-corrected chi connectivity index (χ1v) is 7.00. The number of ether oxygens (including phenoxy) is 1. The van der Waals surface area contributed by atoms with E-state index in [0.29, 0.717) is 17.9 Å². The minimum atomic E-state index is 0.551. The van der Waals surface area contributed by atoms with Gasteiger partial charge in [-0.3, -0.25) is 0 Å². The number of anilines is 1. The SMILES string of the molecule is COc1cc(CNc2cc(C)cc(Br)c2)ccc1C#N. The Morgan fingerprint density at radius 2 is 2.05 bits per heavy atom. The number of aryl methyl sites for hydroxylation is 1. The molecule has 2 aromatic rings. The second-order valence-electron chi connectivity index (χ2n) is 4.52. The smallest absolute Gasteiger partial charge is 0.136 e. The first-order valence-electron chi connectivity index (χ1n) is 6.20. The third-order valence-corrected chi connectivity index (χ3v) is 3.38. The maximum Gasteiger partial charge on any atom is 0.136 e. The number of nitrogens with one attached hydrogen (secondary N) is 1. The molecule has 2 rings (SSSR count). The molecule has 0 fully saturated rings. The van der Waals surface area contributed by atoms with Gasteiger partial charge in [0.2, 0.25) is 0 Å². The molecule has 2 aromatic carbocycles. The summed E-state index contributed by atoms with van der Waals surface area (Å²) in [7, 11) is 1.57. The average molecular weight is 331 g/mol. The Hall–Kier alpha value is -1.99. The predicted octanol–water partition coefficient (Wildman–Crippen LogP) is 4.25. The maximum atomic E-state index is 8.96. The van der Waals surface area contributed by atoms with Gasteiger partial charge in [0.25, 0.3) is 0 Å². The number of methoxy groups -OCH3 is 1. The molecule has 0 aromatic heterocycles. The summed E-state index contributed by atoms with van der Waals surface area (Å²) in [5, 5.41) is 12.3. The van der Waals surface area contributed by atoms with Crippen LogP contribution in [-0.4, -0.2) is 7.11 Å². The van der Waals surface area contributed by atoms with Gasteiger partial charge in [-0.05, 0) is 48.4 Å². The third kappa shape index (κ3) is 3.52. The second-order valence-corrected chi connectivity index (χ2v) is 5.43. The van der Waals surface area contributed by atoms with Crippen LogP contribution >= 0.6 is 15.9 Å². The highest BCUT2D eigenvalue weighted by molar-refractivity contribution is 9.10. The van der Waals surface area contributed by atoms with Gasteiger partial charge >= 0.3 is 0 Å². The van der Waals surface area contributed by atoms with Crippen molar-refractivity contribution in [3.63, 3.8) is 0 Å². The number of rotatable bonds is 4. The van der Waals surface area contributed by atoms with Crippen LogP contribution in [0.2, 0.25) is 0 Å². The number of halogens is 1. The molecular weight excluding hydrogens is 316 g/mol. The Morgan fingerprint density at radius 1 is 1.25 bits per heavy atom. The van der Waals surface area contributed by atoms with Gasteiger partial charge in [0.1, 0.15) is 11.8 Å². The normalized spacial score (nSPS) is 9.90. The highest BCUT2D eigenvalue weighted by Gasteiger charge is 2.04. The van der Waals surface area contributed by atoms with E-state index in [1.165, 1.54) is 5.56 Å². The van der Waals surface area contributed by atoms with Gasteiger partial charge in [0, 0.05) is 16.7 Å². The van der Waals surface area contributed by atoms with E-state index in [-0.39, 0.29) is 0 Å². The molecule has 0 aliphatic heterocycles. The van der Waals surface area contributed by atoms with E-state index in [1.54, 1.807) is 13.2 Å². The Kier molecular flexibility index (Phi) is 4.65. The topological polar surface area (TPSA) is 45.0 Å². The monoisotopic (exact) mass is 330 g/mol. The Morgan fingerprint density at radius 3 is 2.70 bits per heavy atom. The molecule has 3 nitrogen and oxygen atoms in total. The molecule has 102 valence electrons. The Labute approximate surface area is 127 Å². The van der Waals surface area contributed by atoms with Gasteiger partial charge in [0.05, 0.1) is 12.7 Å². The van der Waals surface area contributed by atoms with Crippen molar-refractivity contribution in [1.82, 2.24) is 0 Å². The van der Waals surface area contributed by atoms with E-state index in [9.17, 15) is 0 Å². The number of nitriles is 1. The maximum absolute atomic E-state index is 8.96. The molecule has 0 saturated heterocycles. The molecule has 4 heteroatoms. The van der Waals surface area contributed by atoms with Gasteiger partial charge in [-0.2, -0.15) is 5.26 Å². The van der Waals surface area contributed by atoms with Crippen LogP contribution < -0.4 is 10.1 Å². The second kappa shape index (κ2) is 6.44. The van der Waals surface area contributed by atoms with Crippen molar-refractivity contribution in [3.8, 4) is 11.8 Å². The molecule has 0 heterocycles. The Bertz CT molecular complexity index is 642. The number of hydrogen-bond donors (Lipinski definition) is 1. The zero-order chi connectivity index (χ0) is 14.5. The lowest BCUT2D eigenvalue weighted by atomic mass is 10.1. The van der Waals surface area contributed by atoms with Crippen LogP contribution in [0.1, 0.15) is 16.7 Å². The first-order chi connectivity index (χ1) is 9.62. The summed E-state index contributed by atoms with van der Waals surface area (Å²) in [6, 6.07) is 13.9. The van der Waals surface area contributed by atoms with Gasteiger partial charge in [-0.15, -0.1) is 0 Å². The molecule has 20 heavy (non-hydrogen) atoms. The highest BCUT2D eigenvalue weighted by atomic mass is 79.9. The number of hydrogen-bond acceptors (Lipinski definition) is 3. The molecule has 0 aliphatic carbocycles. The number of benzene rings is 2. The van der Waals surface area contributed by atoms with E-state index >= 15 is 0 Å². The lowest BCUT2D eigenvalue weighted by Crippen LogP contribution is -2.00. The zero-order valence-electron chi connectivity index (χ0n) is 11.4. The fraction of sp³-hybridized carbons (Fsp3) is 0.188. The van der Waals surface area contributed by atoms with Crippen LogP contribution in [0.4, 0.5) is 5.69 Å². The molecule has 0 spiro atoms. The summed E-state index contributed by atoms with van der Waals surface area (Å²) in [5.41, 5.74) is 3.87. The fourth-order valence-corrected chi connectivity index (χ4v) is 2.59. The summed E-state index contributed by atoms with van der Waals surface area (Å²) >= 11 is 3.48. The number of nitrogens with zero attached hydrogens (tertiary/aromatic N) is 1. The molecule has 0 aliphatic rings. The molecule has 0 atom stereocenters. The van der Waals surface area contributed by atoms with Crippen molar-refractivity contribution >= 4 is 21.6 Å². The van der Waals surface area contributed by atoms with Crippen LogP contribution in [0.15, 0.2) is 40.9 Å². The summed E-state index contributed by atoms with van der Waals surface area (Å²) < 4.78 is 6.26. The van der Waals surface area contributed by atoms with Crippen molar-refractivity contribution in [2.45, 2.75) is 13.5 Å². The minimum Gasteiger partial charge on any atom is -0.495 e. The van der Waals surface area contributed by atoms with Gasteiger partial charge < -0.3 is 10.1 Å². The molecule has 0 radical (unpaired) electrons. The average Bonchev–Trinajstić information content (AvgIpc) is 2.43. The van der Waals surface area contributed by atoms with Crippen molar-refractivity contribution in [3.05, 3.63) is 57.6 Å². The molecule has 0 unspecified atom stereocenters. The standard InChI is InChI=1S/C16H15BrN2O/c1-11-5-14(17)8-15(6-11)19-10-12-3-4-13(9-18)16(7-12)20-2/h3-8,19H,10H2,1-2H3. The van der Waals surface area contributed by atoms with E-state index in [2.05, 4.69) is 46.4 Å². The summed E-state index contributed by atoms with van der Waals surface area (Å²) in [6.45, 7) is 2.73. The van der Waals surface area contributed by atoms with E-state index in [4.69, 9.17) is 10.00 Å². The van der Waals surface area contributed by atoms with Crippen molar-refractivity contribution in [1.29, 1.82) is 5.26 Å². The molecule has 1 N–H and O–H groups in total. The summed E-state index contributed by atoms with van der Waals surface area (Å²) in [4.78, 5) is 0. The van der Waals surface area contributed by atoms with E-state index in [1.807, 2.05) is 18.2 Å². The summed E-state index contributed by atoms with van der Waals surface area (Å²) in [6.07, 6.45) is 0. The first kappa shape index (κ1) is 14.4. The summed E-state index contributed by atoms with van der Waals surface area (Å²) in [5.74, 6) is 0.609. The Balaban J connectivity index is 2.13. The molecule has 0 bridgehead atoms. The van der Waals surface area contributed by atoms with Gasteiger partial charge in [-0.1, -0.05) is 22.0 Å². The van der Waals surface area contributed by atoms with Crippen LogP contribution in [0.3, 0.4) is 0 Å². The lowest BCUT2D eigenvalue weighted by Gasteiger charge is -2.10. The highest BCUT2D eigenvalue weighted by Crippen LogP contribution is 2.22. The van der Waals surface area contributed by atoms with E-state index < -0.39 is 0 Å². The van der Waals surface area contributed by atoms with Crippen LogP contribution in [0.25, 0.3) is 0 Å². The molecule has 0 saturated carbocycles. The lowest BCUT2D eigenvalue weighted by molar-refractivity contribution is 0.413. The largest absolute Gasteiger partial charge is 0.495 e. The zero-order valence-corrected chi connectivity index (χ0v) is 13.0. The fourth-order valence-electron chi connectivity index (χ4n) is 1.98. The van der Waals surface area contributed by atoms with Crippen LogP contribution in [-0.2, 0) is 6.54 Å². The van der Waals surface area contributed by atoms with Crippen LogP contribution in [0, 0.1) is 18.3 Å². The van der Waals surface area contributed by atoms with Crippen molar-refractivity contribution in [2.75, 3.05) is 12.4 Å². The predicted molar refractivity (Wildman–Crippen MR) is 83.9 cm³/mol. The third-order valence-electron chi connectivity index (χ3n) is 2.93. The molecule has 0 amide bonds. The van der Waals surface area contributed by atoms with Crippen molar-refractivity contribution < 1.29 is 4.74 Å².